The lowest BCUT2D eigenvalue weighted by Crippen LogP contribution is -2.33. The van der Waals surface area contributed by atoms with E-state index >= 15 is 0 Å². The third kappa shape index (κ3) is 9.48. The summed E-state index contributed by atoms with van der Waals surface area (Å²) >= 11 is 1.74. The lowest BCUT2D eigenvalue weighted by Gasteiger charge is -2.16. The van der Waals surface area contributed by atoms with Crippen molar-refractivity contribution in [2.75, 3.05) is 6.26 Å². The van der Waals surface area contributed by atoms with Crippen LogP contribution in [0.4, 0.5) is 0 Å². The Bertz CT molecular complexity index is 200. The van der Waals surface area contributed by atoms with Gasteiger partial charge in [-0.1, -0.05) is 45.4 Å². The molecule has 0 aromatic heterocycles. The maximum atomic E-state index is 10.7. The van der Waals surface area contributed by atoms with Crippen LogP contribution in [-0.4, -0.2) is 28.6 Å². The summed E-state index contributed by atoms with van der Waals surface area (Å²) < 4.78 is 0. The number of aliphatic carboxylic acids is 1. The molecule has 0 amide bonds. The molecule has 3 nitrogen and oxygen atoms in total. The Morgan fingerprint density at radius 3 is 2.35 bits per heavy atom. The van der Waals surface area contributed by atoms with Crippen molar-refractivity contribution in [2.45, 2.75) is 69.6 Å². The van der Waals surface area contributed by atoms with Crippen molar-refractivity contribution in [3.63, 3.8) is 0 Å². The van der Waals surface area contributed by atoms with E-state index in [1.807, 2.05) is 6.26 Å². The summed E-state index contributed by atoms with van der Waals surface area (Å²) in [6.45, 7) is 2.22. The zero-order chi connectivity index (χ0) is 13.1. The summed E-state index contributed by atoms with van der Waals surface area (Å²) in [5.41, 5.74) is 5.55. The third-order valence-electron chi connectivity index (χ3n) is 3.05. The highest BCUT2D eigenvalue weighted by molar-refractivity contribution is 7.99. The molecule has 0 aromatic rings. The summed E-state index contributed by atoms with van der Waals surface area (Å²) in [5, 5.41) is 9.16. The fraction of sp³-hybridized carbons (Fsp3) is 0.923. The first-order valence-corrected chi connectivity index (χ1v) is 7.91. The Morgan fingerprint density at radius 2 is 1.82 bits per heavy atom. The van der Waals surface area contributed by atoms with Gasteiger partial charge in [-0.05, 0) is 19.1 Å². The van der Waals surface area contributed by atoms with Crippen LogP contribution in [0.25, 0.3) is 0 Å². The molecule has 0 saturated heterocycles. The molecular weight excluding hydrogens is 234 g/mol. The van der Waals surface area contributed by atoms with Gasteiger partial charge >= 0.3 is 5.97 Å². The smallest absolute Gasteiger partial charge is 0.320 e. The molecule has 4 heteroatoms. The highest BCUT2D eigenvalue weighted by Gasteiger charge is 2.17. The average molecular weight is 261 g/mol. The van der Waals surface area contributed by atoms with E-state index in [4.69, 9.17) is 10.8 Å². The number of nitrogens with two attached hydrogens (primary N) is 1. The van der Waals surface area contributed by atoms with Crippen molar-refractivity contribution in [3.8, 4) is 0 Å². The van der Waals surface area contributed by atoms with Gasteiger partial charge in [0.05, 0.1) is 0 Å². The first-order valence-electron chi connectivity index (χ1n) is 6.63. The molecule has 0 spiro atoms. The van der Waals surface area contributed by atoms with Crippen LogP contribution in [0.15, 0.2) is 0 Å². The molecule has 0 heterocycles. The average Bonchev–Trinajstić information content (AvgIpc) is 2.31. The molecule has 102 valence electrons. The molecule has 0 fully saturated rings. The Kier molecular flexibility index (Phi) is 10.8. The van der Waals surface area contributed by atoms with Gasteiger partial charge in [0, 0.05) is 5.25 Å². The second kappa shape index (κ2) is 10.9. The summed E-state index contributed by atoms with van der Waals surface area (Å²) in [4.78, 5) is 10.7. The summed E-state index contributed by atoms with van der Waals surface area (Å²) in [7, 11) is 0. The van der Waals surface area contributed by atoms with Crippen molar-refractivity contribution in [3.05, 3.63) is 0 Å². The quantitative estimate of drug-likeness (QED) is 0.560. The number of hydrogen-bond acceptors (Lipinski definition) is 3. The van der Waals surface area contributed by atoms with Crippen LogP contribution in [0.2, 0.25) is 0 Å². The van der Waals surface area contributed by atoms with Crippen LogP contribution in [0.1, 0.15) is 58.3 Å². The molecule has 3 N–H and O–H groups in total. The van der Waals surface area contributed by atoms with Gasteiger partial charge in [-0.2, -0.15) is 11.8 Å². The third-order valence-corrected chi connectivity index (χ3v) is 4.14. The minimum atomic E-state index is -0.882. The number of rotatable bonds is 11. The minimum Gasteiger partial charge on any atom is -0.480 e. The Balaban J connectivity index is 3.57. The normalized spacial score (nSPS) is 14.5. The molecule has 0 radical (unpaired) electrons. The number of thioether (sulfide) groups is 1. The molecule has 0 saturated carbocycles. The molecule has 0 bridgehead atoms. The zero-order valence-electron chi connectivity index (χ0n) is 11.2. The predicted octanol–water partition coefficient (Wildman–Crippen LogP) is 3.27. The lowest BCUT2D eigenvalue weighted by atomic mass is 10.0. The molecule has 0 aliphatic rings. The van der Waals surface area contributed by atoms with Gasteiger partial charge in [0.25, 0.3) is 0 Å². The summed E-state index contributed by atoms with van der Waals surface area (Å²) in [6, 6.07) is -0.701. The topological polar surface area (TPSA) is 63.3 Å². The van der Waals surface area contributed by atoms with Crippen molar-refractivity contribution in [1.29, 1.82) is 0 Å². The van der Waals surface area contributed by atoms with E-state index in [1.165, 1.54) is 38.5 Å². The van der Waals surface area contributed by atoms with Gasteiger partial charge < -0.3 is 10.8 Å². The number of unbranched alkanes of at least 4 members (excludes halogenated alkanes) is 5. The van der Waals surface area contributed by atoms with Crippen LogP contribution in [-0.2, 0) is 4.79 Å². The van der Waals surface area contributed by atoms with Crippen LogP contribution < -0.4 is 5.73 Å². The monoisotopic (exact) mass is 261 g/mol. The van der Waals surface area contributed by atoms with E-state index < -0.39 is 12.0 Å². The van der Waals surface area contributed by atoms with E-state index in [0.29, 0.717) is 11.7 Å². The number of carboxylic acids is 1. The summed E-state index contributed by atoms with van der Waals surface area (Å²) in [6.07, 6.45) is 11.4. The fourth-order valence-corrected chi connectivity index (χ4v) is 2.67. The van der Waals surface area contributed by atoms with E-state index in [9.17, 15) is 4.79 Å². The molecule has 0 aliphatic heterocycles. The Hall–Kier alpha value is -0.220. The van der Waals surface area contributed by atoms with E-state index in [-0.39, 0.29) is 0 Å². The zero-order valence-corrected chi connectivity index (χ0v) is 12.0. The highest BCUT2D eigenvalue weighted by atomic mass is 32.2. The molecule has 2 unspecified atom stereocenters. The van der Waals surface area contributed by atoms with Gasteiger partial charge in [0.15, 0.2) is 0 Å². The number of hydrogen-bond donors (Lipinski definition) is 2. The van der Waals surface area contributed by atoms with Crippen LogP contribution in [0.5, 0.6) is 0 Å². The number of carbonyl (C=O) groups is 1. The lowest BCUT2D eigenvalue weighted by molar-refractivity contribution is -0.138. The second-order valence-corrected chi connectivity index (χ2v) is 5.73. The molecule has 0 aromatic carbocycles. The van der Waals surface area contributed by atoms with Crippen molar-refractivity contribution in [2.24, 2.45) is 5.73 Å². The van der Waals surface area contributed by atoms with Crippen molar-refractivity contribution in [1.82, 2.24) is 0 Å². The molecule has 0 rings (SSSR count). The number of carboxylic acid groups (broad SMARTS) is 1. The minimum absolute atomic E-state index is 0.396. The second-order valence-electron chi connectivity index (χ2n) is 4.59. The Labute approximate surface area is 110 Å². The van der Waals surface area contributed by atoms with Gasteiger partial charge in [-0.3, -0.25) is 4.79 Å². The molecular formula is C13H27NO2S. The maximum absolute atomic E-state index is 10.7. The molecule has 0 aliphatic carbocycles. The van der Waals surface area contributed by atoms with Crippen molar-refractivity contribution < 1.29 is 9.90 Å². The standard InChI is InChI=1S/C13H27NO2S/c1-3-4-5-6-7-8-9-11(17-2)10-12(14)13(15)16/h11-12H,3-10,14H2,1-2H3,(H,15,16). The van der Waals surface area contributed by atoms with E-state index in [0.717, 1.165) is 6.42 Å². The van der Waals surface area contributed by atoms with Gasteiger partial charge in [0.1, 0.15) is 6.04 Å². The van der Waals surface area contributed by atoms with Gasteiger partial charge in [-0.15, -0.1) is 0 Å². The summed E-state index contributed by atoms with van der Waals surface area (Å²) in [5.74, 6) is -0.882. The van der Waals surface area contributed by atoms with Crippen LogP contribution >= 0.6 is 11.8 Å². The maximum Gasteiger partial charge on any atom is 0.320 e. The first-order chi connectivity index (χ1) is 8.11. The largest absolute Gasteiger partial charge is 0.480 e. The first kappa shape index (κ1) is 16.8. The predicted molar refractivity (Wildman–Crippen MR) is 75.5 cm³/mol. The SMILES string of the molecule is CCCCCCCCC(CC(N)C(=O)O)SC. The molecule has 2 atom stereocenters. The molecule has 17 heavy (non-hydrogen) atoms. The Morgan fingerprint density at radius 1 is 1.24 bits per heavy atom. The van der Waals surface area contributed by atoms with Crippen LogP contribution in [0, 0.1) is 0 Å². The fourth-order valence-electron chi connectivity index (χ4n) is 1.87. The van der Waals surface area contributed by atoms with E-state index in [2.05, 4.69) is 6.92 Å². The van der Waals surface area contributed by atoms with Crippen molar-refractivity contribution >= 4 is 17.7 Å². The highest BCUT2D eigenvalue weighted by Crippen LogP contribution is 2.20. The van der Waals surface area contributed by atoms with E-state index in [1.54, 1.807) is 11.8 Å². The van der Waals surface area contributed by atoms with Gasteiger partial charge in [-0.25, -0.2) is 0 Å². The van der Waals surface area contributed by atoms with Gasteiger partial charge in [0.2, 0.25) is 0 Å². The van der Waals surface area contributed by atoms with Crippen LogP contribution in [0.3, 0.4) is 0 Å².